The number of nitrogens with zero attached hydrogens (tertiary/aromatic N) is 1. The van der Waals surface area contributed by atoms with Crippen LogP contribution in [-0.4, -0.2) is 41.1 Å². The number of halogens is 14. The van der Waals surface area contributed by atoms with Crippen LogP contribution in [0.2, 0.25) is 0 Å². The van der Waals surface area contributed by atoms with Crippen molar-refractivity contribution in [2.45, 2.75) is 41.5 Å². The lowest BCUT2D eigenvalue weighted by atomic mass is 9.70. The molecule has 1 fully saturated rings. The highest BCUT2D eigenvalue weighted by atomic mass is 19.4. The molecule has 0 aliphatic heterocycles. The summed E-state index contributed by atoms with van der Waals surface area (Å²) in [5.74, 6) is -44.1. The minimum Gasteiger partial charge on any atom is -0.872 e. The SMILES string of the molecule is [C-]#[N+]c1ccc(/C([O-])=C/C(=O)C2(F)C(F)(F)C(F)(F)C(F)(F)C(F)(F)C2(F)F)cc1C(F)(F)F. The van der Waals surface area contributed by atoms with E-state index in [1.54, 1.807) is 0 Å². The van der Waals surface area contributed by atoms with Crippen LogP contribution >= 0.6 is 0 Å². The summed E-state index contributed by atoms with van der Waals surface area (Å²) < 4.78 is 189. The van der Waals surface area contributed by atoms with E-state index >= 15 is 0 Å². The van der Waals surface area contributed by atoms with Crippen molar-refractivity contribution in [3.05, 3.63) is 46.8 Å². The number of hydrogen-bond acceptors (Lipinski definition) is 2. The van der Waals surface area contributed by atoms with Crippen molar-refractivity contribution in [2.24, 2.45) is 0 Å². The third kappa shape index (κ3) is 3.06. The number of alkyl halides is 14. The first-order chi connectivity index (χ1) is 15.0. The van der Waals surface area contributed by atoms with Crippen molar-refractivity contribution in [1.82, 2.24) is 0 Å². The van der Waals surface area contributed by atoms with Crippen LogP contribution in [0.5, 0.6) is 0 Å². The fourth-order valence-corrected chi connectivity index (χ4v) is 2.85. The highest BCUT2D eigenvalue weighted by Crippen LogP contribution is 2.69. The van der Waals surface area contributed by atoms with E-state index < -0.39 is 75.9 Å². The molecule has 0 unspecified atom stereocenters. The van der Waals surface area contributed by atoms with Crippen molar-refractivity contribution in [3.63, 3.8) is 0 Å². The molecule has 0 radical (unpaired) electrons. The topological polar surface area (TPSA) is 44.5 Å². The van der Waals surface area contributed by atoms with Crippen LogP contribution in [0.25, 0.3) is 10.6 Å². The first-order valence-electron chi connectivity index (χ1n) is 8.07. The monoisotopic (exact) mass is 520 g/mol. The van der Waals surface area contributed by atoms with Crippen LogP contribution in [0.1, 0.15) is 11.1 Å². The molecule has 0 aromatic heterocycles. The van der Waals surface area contributed by atoms with Gasteiger partial charge in [0, 0.05) is 0 Å². The maximum absolute atomic E-state index is 14.6. The van der Waals surface area contributed by atoms with Crippen LogP contribution in [0.15, 0.2) is 24.3 Å². The van der Waals surface area contributed by atoms with Crippen molar-refractivity contribution in [3.8, 4) is 0 Å². The number of carbonyl (C=O) groups is 1. The van der Waals surface area contributed by atoms with Crippen LogP contribution < -0.4 is 5.11 Å². The van der Waals surface area contributed by atoms with Crippen molar-refractivity contribution < 1.29 is 71.4 Å². The van der Waals surface area contributed by atoms with Gasteiger partial charge in [-0.15, -0.1) is 0 Å². The molecule has 0 spiro atoms. The fraction of sp³-hybridized carbons (Fsp3) is 0.412. The standard InChI is InChI=1S/C17H5F14NO2/c1-32-8-3-2-6(4-7(8)12(19,20)21)9(33)5-10(34)11(18)13(22,23)15(26,27)17(30,31)16(28,29)14(11,24)25/h2-5,33H/p-1/b9-5-. The summed E-state index contributed by atoms with van der Waals surface area (Å²) in [6, 6.07) is 0.256. The van der Waals surface area contributed by atoms with Crippen molar-refractivity contribution >= 4 is 17.2 Å². The largest absolute Gasteiger partial charge is 0.872 e. The van der Waals surface area contributed by atoms with Gasteiger partial charge >= 0.3 is 41.5 Å². The van der Waals surface area contributed by atoms with E-state index in [4.69, 9.17) is 6.57 Å². The van der Waals surface area contributed by atoms with Gasteiger partial charge in [0.05, 0.1) is 12.1 Å². The highest BCUT2D eigenvalue weighted by Gasteiger charge is 3.02. The van der Waals surface area contributed by atoms with E-state index in [0.717, 1.165) is 0 Å². The average molecular weight is 520 g/mol. The van der Waals surface area contributed by atoms with Gasteiger partial charge in [-0.1, -0.05) is 24.0 Å². The zero-order chi connectivity index (χ0) is 26.9. The first-order valence-corrected chi connectivity index (χ1v) is 8.07. The number of carbonyl (C=O) groups excluding carboxylic acids is 1. The Balaban J connectivity index is 2.74. The molecule has 1 aromatic rings. The summed E-state index contributed by atoms with van der Waals surface area (Å²) in [5, 5.41) is 11.9. The molecule has 1 aromatic carbocycles. The molecule has 34 heavy (non-hydrogen) atoms. The lowest BCUT2D eigenvalue weighted by molar-refractivity contribution is -0.475. The second-order valence-corrected chi connectivity index (χ2v) is 6.74. The summed E-state index contributed by atoms with van der Waals surface area (Å²) >= 11 is 0. The van der Waals surface area contributed by atoms with Gasteiger partial charge in [-0.05, 0) is 11.6 Å². The third-order valence-electron chi connectivity index (χ3n) is 4.75. The van der Waals surface area contributed by atoms with E-state index in [0.29, 0.717) is 0 Å². The molecule has 0 heterocycles. The van der Waals surface area contributed by atoms with Crippen LogP contribution in [-0.2, 0) is 11.0 Å². The Morgan fingerprint density at radius 2 is 1.24 bits per heavy atom. The Bertz CT molecular complexity index is 1070. The van der Waals surface area contributed by atoms with Crippen molar-refractivity contribution in [1.29, 1.82) is 0 Å². The minimum absolute atomic E-state index is 0.249. The maximum atomic E-state index is 14.6. The van der Waals surface area contributed by atoms with E-state index in [-0.39, 0.29) is 18.2 Å². The maximum Gasteiger partial charge on any atom is 0.407 e. The van der Waals surface area contributed by atoms with Gasteiger partial charge in [0.1, 0.15) is 0 Å². The molecule has 0 amide bonds. The van der Waals surface area contributed by atoms with Crippen LogP contribution in [0.4, 0.5) is 67.2 Å². The van der Waals surface area contributed by atoms with Gasteiger partial charge in [-0.2, -0.15) is 57.1 Å². The second-order valence-electron chi connectivity index (χ2n) is 6.74. The Hall–Kier alpha value is -3.06. The zero-order valence-corrected chi connectivity index (χ0v) is 15.4. The fourth-order valence-electron chi connectivity index (χ4n) is 2.85. The lowest BCUT2D eigenvalue weighted by Gasteiger charge is -2.51. The average Bonchev–Trinajstić information content (AvgIpc) is 2.70. The van der Waals surface area contributed by atoms with Gasteiger partial charge in [0.15, 0.2) is 5.69 Å². The van der Waals surface area contributed by atoms with E-state index in [9.17, 15) is 71.4 Å². The van der Waals surface area contributed by atoms with E-state index in [2.05, 4.69) is 4.85 Å². The number of benzene rings is 1. The van der Waals surface area contributed by atoms with Crippen molar-refractivity contribution in [2.75, 3.05) is 0 Å². The minimum atomic E-state index is -7.60. The summed E-state index contributed by atoms with van der Waals surface area (Å²) in [6.07, 6.45) is -6.66. The quantitative estimate of drug-likeness (QED) is 0.231. The molecule has 3 nitrogen and oxygen atoms in total. The first kappa shape index (κ1) is 27.2. The summed E-state index contributed by atoms with van der Waals surface area (Å²) in [4.78, 5) is 14.1. The molecule has 0 bridgehead atoms. The van der Waals surface area contributed by atoms with Gasteiger partial charge in [0.2, 0.25) is 5.78 Å². The Morgan fingerprint density at radius 3 is 1.62 bits per heavy atom. The molecular weight excluding hydrogens is 516 g/mol. The predicted octanol–water partition coefficient (Wildman–Crippen LogP) is 5.42. The molecule has 17 heteroatoms. The van der Waals surface area contributed by atoms with Gasteiger partial charge in [0.25, 0.3) is 0 Å². The number of rotatable bonds is 3. The number of allylic oxidation sites excluding steroid dienone is 1. The predicted molar refractivity (Wildman–Crippen MR) is 79.3 cm³/mol. The normalized spacial score (nSPS) is 24.2. The van der Waals surface area contributed by atoms with Crippen LogP contribution in [0.3, 0.4) is 0 Å². The molecule has 2 rings (SSSR count). The van der Waals surface area contributed by atoms with Gasteiger partial charge in [-0.25, -0.2) is 9.24 Å². The Morgan fingerprint density at radius 1 is 0.824 bits per heavy atom. The highest BCUT2D eigenvalue weighted by molar-refractivity contribution is 6.03. The molecule has 0 N–H and O–H groups in total. The smallest absolute Gasteiger partial charge is 0.407 e. The second kappa shape index (κ2) is 7.22. The van der Waals surface area contributed by atoms with E-state index in [1.165, 1.54) is 0 Å². The number of hydrogen-bond donors (Lipinski definition) is 0. The number of ketones is 1. The van der Waals surface area contributed by atoms with E-state index in [1.807, 2.05) is 0 Å². The zero-order valence-electron chi connectivity index (χ0n) is 15.4. The molecule has 1 aliphatic carbocycles. The Kier molecular flexibility index (Phi) is 5.77. The molecule has 1 aliphatic rings. The third-order valence-corrected chi connectivity index (χ3v) is 4.75. The molecule has 1 saturated carbocycles. The molecule has 0 atom stereocenters. The summed E-state index contributed by atoms with van der Waals surface area (Å²) in [7, 11) is 0. The summed E-state index contributed by atoms with van der Waals surface area (Å²) in [6.45, 7) is 6.57. The lowest BCUT2D eigenvalue weighted by Crippen LogP contribution is -2.85. The Labute approximate surface area is 178 Å². The van der Waals surface area contributed by atoms with Crippen LogP contribution in [0, 0.1) is 6.57 Å². The molecular formula is C17H4F14NO2-. The summed E-state index contributed by atoms with van der Waals surface area (Å²) in [5.41, 5.74) is -11.7. The van der Waals surface area contributed by atoms with Gasteiger partial charge in [-0.3, -0.25) is 4.79 Å². The molecule has 0 saturated heterocycles. The van der Waals surface area contributed by atoms with Gasteiger partial charge < -0.3 is 5.11 Å². The molecule has 188 valence electrons.